The van der Waals surface area contributed by atoms with Crippen molar-refractivity contribution in [2.24, 2.45) is 5.14 Å². The van der Waals surface area contributed by atoms with Crippen LogP contribution in [0.5, 0.6) is 0 Å². The summed E-state index contributed by atoms with van der Waals surface area (Å²) in [5, 5.41) is 5.01. The molecule has 1 saturated heterocycles. The number of primary sulfonamides is 1. The minimum Gasteiger partial charge on any atom is -0.444 e. The predicted octanol–water partition coefficient (Wildman–Crippen LogP) is 1.11. The summed E-state index contributed by atoms with van der Waals surface area (Å²) in [6.07, 6.45) is -0.420. The first-order valence-corrected chi connectivity index (χ1v) is 9.28. The Hall–Kier alpha value is -2.07. The molecule has 140 valence electrons. The van der Waals surface area contributed by atoms with Crippen molar-refractivity contribution < 1.29 is 22.3 Å². The third-order valence-electron chi connectivity index (χ3n) is 3.70. The maximum absolute atomic E-state index is 14.5. The first kappa shape index (κ1) is 19.3. The number of amides is 1. The number of halogens is 1. The Labute approximate surface area is 146 Å². The van der Waals surface area contributed by atoms with Crippen LogP contribution in [0.1, 0.15) is 20.8 Å². The standard InChI is InChI=1S/C15H23FN4O4S/c1-15(2,3)24-14(21)20-8-6-19(7-9-20)10-4-5-11(25(18,22)23)13(17)12(10)16/h4-5H,6-9,17H2,1-3H3,(H2,18,22,23). The van der Waals surface area contributed by atoms with E-state index in [2.05, 4.69) is 0 Å². The Bertz CT molecular complexity index is 768. The average Bonchev–Trinajstić information content (AvgIpc) is 2.47. The van der Waals surface area contributed by atoms with Crippen LogP contribution in [0.2, 0.25) is 0 Å². The second-order valence-electron chi connectivity index (χ2n) is 6.81. The number of ether oxygens (including phenoxy) is 1. The highest BCUT2D eigenvalue weighted by atomic mass is 32.2. The van der Waals surface area contributed by atoms with Crippen LogP contribution in [0, 0.1) is 5.82 Å². The zero-order valence-electron chi connectivity index (χ0n) is 14.5. The molecule has 0 atom stereocenters. The molecule has 1 aliphatic rings. The van der Waals surface area contributed by atoms with Gasteiger partial charge in [0.2, 0.25) is 10.0 Å². The zero-order chi connectivity index (χ0) is 19.0. The number of piperazine rings is 1. The molecule has 8 nitrogen and oxygen atoms in total. The lowest BCUT2D eigenvalue weighted by atomic mass is 10.2. The van der Waals surface area contributed by atoms with Gasteiger partial charge in [0.05, 0.1) is 11.4 Å². The Balaban J connectivity index is 2.11. The van der Waals surface area contributed by atoms with Crippen LogP contribution in [-0.4, -0.2) is 51.2 Å². The van der Waals surface area contributed by atoms with Gasteiger partial charge in [-0.2, -0.15) is 0 Å². The molecule has 0 bridgehead atoms. The second kappa shape index (κ2) is 6.68. The summed E-state index contributed by atoms with van der Waals surface area (Å²) in [7, 11) is -4.09. The summed E-state index contributed by atoms with van der Waals surface area (Å²) >= 11 is 0. The van der Waals surface area contributed by atoms with Crippen molar-refractivity contribution in [3.05, 3.63) is 17.9 Å². The molecule has 2 rings (SSSR count). The van der Waals surface area contributed by atoms with E-state index in [1.54, 1.807) is 30.6 Å². The molecule has 1 fully saturated rings. The predicted molar refractivity (Wildman–Crippen MR) is 92.2 cm³/mol. The normalized spacial score (nSPS) is 16.0. The van der Waals surface area contributed by atoms with E-state index in [9.17, 15) is 17.6 Å². The summed E-state index contributed by atoms with van der Waals surface area (Å²) in [4.78, 5) is 14.8. The summed E-state index contributed by atoms with van der Waals surface area (Å²) in [5.74, 6) is -0.836. The molecular formula is C15H23FN4O4S. The van der Waals surface area contributed by atoms with E-state index in [1.807, 2.05) is 0 Å². The number of nitrogens with two attached hydrogens (primary N) is 2. The molecule has 0 spiro atoms. The van der Waals surface area contributed by atoms with Gasteiger partial charge in [-0.05, 0) is 32.9 Å². The molecule has 25 heavy (non-hydrogen) atoms. The van der Waals surface area contributed by atoms with Crippen LogP contribution >= 0.6 is 0 Å². The lowest BCUT2D eigenvalue weighted by molar-refractivity contribution is 0.0240. The largest absolute Gasteiger partial charge is 0.444 e. The van der Waals surface area contributed by atoms with Gasteiger partial charge >= 0.3 is 6.09 Å². The molecule has 1 aliphatic heterocycles. The molecule has 0 aliphatic carbocycles. The van der Waals surface area contributed by atoms with E-state index in [0.717, 1.165) is 0 Å². The topological polar surface area (TPSA) is 119 Å². The van der Waals surface area contributed by atoms with Crippen molar-refractivity contribution in [3.8, 4) is 0 Å². The Morgan fingerprint density at radius 3 is 2.24 bits per heavy atom. The minimum absolute atomic E-state index is 0.175. The van der Waals surface area contributed by atoms with Gasteiger partial charge in [0.15, 0.2) is 5.82 Å². The number of nitrogens with zero attached hydrogens (tertiary/aromatic N) is 2. The van der Waals surface area contributed by atoms with E-state index < -0.39 is 38.1 Å². The van der Waals surface area contributed by atoms with Crippen molar-refractivity contribution in [1.29, 1.82) is 0 Å². The molecule has 1 amide bonds. The van der Waals surface area contributed by atoms with E-state index in [4.69, 9.17) is 15.6 Å². The fourth-order valence-electron chi connectivity index (χ4n) is 2.51. The molecule has 0 aromatic heterocycles. The second-order valence-corrected chi connectivity index (χ2v) is 8.34. The van der Waals surface area contributed by atoms with Crippen molar-refractivity contribution in [2.45, 2.75) is 31.3 Å². The summed E-state index contributed by atoms with van der Waals surface area (Å²) in [6, 6.07) is 2.51. The molecule has 1 aromatic carbocycles. The van der Waals surface area contributed by atoms with Crippen LogP contribution in [0.25, 0.3) is 0 Å². The number of rotatable bonds is 2. The van der Waals surface area contributed by atoms with Gasteiger partial charge in [-0.1, -0.05) is 0 Å². The molecule has 1 heterocycles. The number of anilines is 2. The zero-order valence-corrected chi connectivity index (χ0v) is 15.3. The fraction of sp³-hybridized carbons (Fsp3) is 0.533. The van der Waals surface area contributed by atoms with Crippen molar-refractivity contribution >= 4 is 27.5 Å². The first-order chi connectivity index (χ1) is 11.4. The van der Waals surface area contributed by atoms with E-state index >= 15 is 0 Å². The fourth-order valence-corrected chi connectivity index (χ4v) is 3.17. The van der Waals surface area contributed by atoms with Gasteiger partial charge in [-0.3, -0.25) is 0 Å². The Morgan fingerprint density at radius 1 is 1.20 bits per heavy atom. The smallest absolute Gasteiger partial charge is 0.410 e. The first-order valence-electron chi connectivity index (χ1n) is 7.74. The number of nitrogen functional groups attached to an aromatic ring is 1. The Kier molecular flexibility index (Phi) is 5.14. The number of benzene rings is 1. The third kappa shape index (κ3) is 4.51. The van der Waals surface area contributed by atoms with Crippen LogP contribution in [0.3, 0.4) is 0 Å². The van der Waals surface area contributed by atoms with Crippen LogP contribution in [0.15, 0.2) is 17.0 Å². The summed E-state index contributed by atoms with van der Waals surface area (Å²) in [5.41, 5.74) is 4.66. The number of sulfonamides is 1. The van der Waals surface area contributed by atoms with Gasteiger partial charge in [0.25, 0.3) is 0 Å². The van der Waals surface area contributed by atoms with Crippen molar-refractivity contribution in [2.75, 3.05) is 36.8 Å². The number of hydrogen-bond donors (Lipinski definition) is 2. The summed E-state index contributed by atoms with van der Waals surface area (Å²) < 4.78 is 42.5. The molecule has 4 N–H and O–H groups in total. The highest BCUT2D eigenvalue weighted by molar-refractivity contribution is 7.89. The van der Waals surface area contributed by atoms with E-state index in [1.165, 1.54) is 12.1 Å². The van der Waals surface area contributed by atoms with Gasteiger partial charge in [0.1, 0.15) is 10.5 Å². The number of carbonyl (C=O) groups excluding carboxylic acids is 1. The molecular weight excluding hydrogens is 351 g/mol. The van der Waals surface area contributed by atoms with Gasteiger partial charge < -0.3 is 20.3 Å². The highest BCUT2D eigenvalue weighted by Crippen LogP contribution is 2.30. The molecule has 0 unspecified atom stereocenters. The van der Waals surface area contributed by atoms with Crippen molar-refractivity contribution in [3.63, 3.8) is 0 Å². The van der Waals surface area contributed by atoms with Gasteiger partial charge in [-0.15, -0.1) is 0 Å². The van der Waals surface area contributed by atoms with E-state index in [0.29, 0.717) is 26.2 Å². The Morgan fingerprint density at radius 2 is 1.76 bits per heavy atom. The molecule has 10 heteroatoms. The SMILES string of the molecule is CC(C)(C)OC(=O)N1CCN(c2ccc(S(N)(=O)=O)c(N)c2F)CC1. The van der Waals surface area contributed by atoms with E-state index in [-0.39, 0.29) is 5.69 Å². The lowest BCUT2D eigenvalue weighted by Crippen LogP contribution is -2.50. The van der Waals surface area contributed by atoms with Gasteiger partial charge in [-0.25, -0.2) is 22.7 Å². The maximum atomic E-state index is 14.5. The molecule has 0 saturated carbocycles. The van der Waals surface area contributed by atoms with Gasteiger partial charge in [0, 0.05) is 26.2 Å². The quantitative estimate of drug-likeness (QED) is 0.749. The maximum Gasteiger partial charge on any atom is 0.410 e. The van der Waals surface area contributed by atoms with Crippen LogP contribution in [0.4, 0.5) is 20.6 Å². The minimum atomic E-state index is -4.09. The number of carbonyl (C=O) groups is 1. The molecule has 1 aromatic rings. The average molecular weight is 374 g/mol. The molecule has 0 radical (unpaired) electrons. The summed E-state index contributed by atoms with van der Waals surface area (Å²) in [6.45, 7) is 6.79. The lowest BCUT2D eigenvalue weighted by Gasteiger charge is -2.37. The monoisotopic (exact) mass is 374 g/mol. The number of hydrogen-bond acceptors (Lipinski definition) is 6. The van der Waals surface area contributed by atoms with Crippen molar-refractivity contribution in [1.82, 2.24) is 4.90 Å². The van der Waals surface area contributed by atoms with Crippen LogP contribution in [-0.2, 0) is 14.8 Å². The third-order valence-corrected chi connectivity index (χ3v) is 4.67. The highest BCUT2D eigenvalue weighted by Gasteiger charge is 2.28. The van der Waals surface area contributed by atoms with Crippen LogP contribution < -0.4 is 15.8 Å².